The van der Waals surface area contributed by atoms with Crippen molar-refractivity contribution in [2.24, 2.45) is 0 Å². The Balaban J connectivity index is 1.58. The van der Waals surface area contributed by atoms with Gasteiger partial charge in [-0.2, -0.15) is 5.26 Å². The van der Waals surface area contributed by atoms with Gasteiger partial charge in [-0.05, 0) is 18.2 Å². The number of nitrogens with one attached hydrogen (secondary N) is 1. The van der Waals surface area contributed by atoms with Crippen LogP contribution < -0.4 is 10.1 Å². The van der Waals surface area contributed by atoms with E-state index in [4.69, 9.17) is 11.3 Å². The highest BCUT2D eigenvalue weighted by atomic mass is 19.1. The number of hydrogen-bond acceptors (Lipinski definition) is 6. The summed E-state index contributed by atoms with van der Waals surface area (Å²) in [7, 11) is 0. The number of rotatable bonds is 5. The van der Waals surface area contributed by atoms with Crippen LogP contribution in [0.15, 0.2) is 42.7 Å². The van der Waals surface area contributed by atoms with Gasteiger partial charge in [-0.3, -0.25) is 9.20 Å². The molecule has 0 saturated heterocycles. The van der Waals surface area contributed by atoms with E-state index in [1.807, 2.05) is 0 Å². The number of anilines is 1. The van der Waals surface area contributed by atoms with Gasteiger partial charge >= 0.3 is 0 Å². The molecule has 1 N–H and O–H groups in total. The lowest BCUT2D eigenvalue weighted by Gasteiger charge is -2.12. The fourth-order valence-electron chi connectivity index (χ4n) is 3.98. The summed E-state index contributed by atoms with van der Waals surface area (Å²) in [5.41, 5.74) is 3.49. The van der Waals surface area contributed by atoms with Crippen molar-refractivity contribution in [3.05, 3.63) is 82.2 Å². The van der Waals surface area contributed by atoms with Crippen molar-refractivity contribution in [1.29, 1.82) is 5.26 Å². The van der Waals surface area contributed by atoms with E-state index in [0.717, 1.165) is 5.56 Å². The number of carbonyl (C=O) groups excluding carboxylic acids is 1. The fourth-order valence-corrected chi connectivity index (χ4v) is 3.98. The summed E-state index contributed by atoms with van der Waals surface area (Å²) in [4.78, 5) is 23.3. The molecule has 0 fully saturated rings. The van der Waals surface area contributed by atoms with Crippen LogP contribution >= 0.6 is 0 Å². The molecule has 160 valence electrons. The molecule has 2 aromatic carbocycles. The van der Waals surface area contributed by atoms with E-state index >= 15 is 0 Å². The third-order valence-electron chi connectivity index (χ3n) is 5.55. The lowest BCUT2D eigenvalue weighted by Crippen LogP contribution is -2.09. The van der Waals surface area contributed by atoms with Crippen molar-refractivity contribution in [3.8, 4) is 22.9 Å². The molecule has 4 aromatic rings. The van der Waals surface area contributed by atoms with E-state index in [1.165, 1.54) is 18.3 Å². The minimum atomic E-state index is -0.332. The Morgan fingerprint density at radius 1 is 1.33 bits per heavy atom. The molecule has 1 aliphatic rings. The minimum Gasteiger partial charge on any atom is -0.493 e. The molecule has 0 unspecified atom stereocenters. The number of aldehydes is 1. The van der Waals surface area contributed by atoms with Gasteiger partial charge in [0.05, 0.1) is 23.8 Å². The van der Waals surface area contributed by atoms with Gasteiger partial charge in [0.2, 0.25) is 11.6 Å². The SMILES string of the molecule is [C-]#[N+]c1cn2c(NCc3c(F)ccc4c3CCO4)ncc(-c3ccc(C=O)cc3C#N)c2n1. The second-order valence-corrected chi connectivity index (χ2v) is 7.39. The van der Waals surface area contributed by atoms with Gasteiger partial charge < -0.3 is 14.9 Å². The first-order valence-electron chi connectivity index (χ1n) is 10.0. The smallest absolute Gasteiger partial charge is 0.288 e. The molecule has 33 heavy (non-hydrogen) atoms. The Morgan fingerprint density at radius 2 is 2.21 bits per heavy atom. The zero-order chi connectivity index (χ0) is 22.9. The number of carbonyl (C=O) groups is 1. The van der Waals surface area contributed by atoms with Crippen LogP contribution in [0.2, 0.25) is 0 Å². The maximum Gasteiger partial charge on any atom is 0.288 e. The predicted molar refractivity (Wildman–Crippen MR) is 118 cm³/mol. The van der Waals surface area contributed by atoms with Crippen LogP contribution in [0.1, 0.15) is 27.0 Å². The Labute approximate surface area is 187 Å². The van der Waals surface area contributed by atoms with E-state index < -0.39 is 0 Å². The monoisotopic (exact) mass is 438 g/mol. The van der Waals surface area contributed by atoms with Crippen molar-refractivity contribution in [2.75, 3.05) is 11.9 Å². The van der Waals surface area contributed by atoms with Crippen LogP contribution in [0.25, 0.3) is 21.6 Å². The molecule has 0 amide bonds. The molecule has 0 atom stereocenters. The summed E-state index contributed by atoms with van der Waals surface area (Å²) in [6, 6.07) is 9.85. The van der Waals surface area contributed by atoms with Crippen molar-refractivity contribution in [2.45, 2.75) is 13.0 Å². The topological polar surface area (TPSA) is 96.7 Å². The summed E-state index contributed by atoms with van der Waals surface area (Å²) < 4.78 is 21.7. The number of ether oxygens (including phenoxy) is 1. The van der Waals surface area contributed by atoms with E-state index in [9.17, 15) is 14.4 Å². The van der Waals surface area contributed by atoms with Crippen LogP contribution in [0, 0.1) is 23.7 Å². The van der Waals surface area contributed by atoms with Crippen LogP contribution in [0.4, 0.5) is 16.2 Å². The molecular formula is C24H15FN6O2. The molecule has 9 heteroatoms. The van der Waals surface area contributed by atoms with Crippen molar-refractivity contribution >= 4 is 23.7 Å². The lowest BCUT2D eigenvalue weighted by molar-refractivity contribution is 0.112. The maximum absolute atomic E-state index is 14.5. The number of imidazole rings is 1. The minimum absolute atomic E-state index is 0.149. The van der Waals surface area contributed by atoms with E-state index in [1.54, 1.807) is 28.8 Å². The van der Waals surface area contributed by atoms with Gasteiger partial charge in [0, 0.05) is 47.6 Å². The quantitative estimate of drug-likeness (QED) is 0.368. The Hall–Kier alpha value is -4.76. The van der Waals surface area contributed by atoms with Gasteiger partial charge in [-0.1, -0.05) is 23.7 Å². The van der Waals surface area contributed by atoms with Gasteiger partial charge in [0.25, 0.3) is 5.82 Å². The summed E-state index contributed by atoms with van der Waals surface area (Å²) >= 11 is 0. The summed E-state index contributed by atoms with van der Waals surface area (Å²) in [6.07, 6.45) is 4.38. The summed E-state index contributed by atoms with van der Waals surface area (Å²) in [5.74, 6) is 0.869. The summed E-state index contributed by atoms with van der Waals surface area (Å²) in [6.45, 7) is 8.04. The van der Waals surface area contributed by atoms with Crippen LogP contribution in [-0.2, 0) is 13.0 Å². The van der Waals surface area contributed by atoms with Gasteiger partial charge in [-0.15, -0.1) is 0 Å². The van der Waals surface area contributed by atoms with Crippen LogP contribution in [0.3, 0.4) is 0 Å². The van der Waals surface area contributed by atoms with Crippen molar-refractivity contribution in [1.82, 2.24) is 14.4 Å². The number of fused-ring (bicyclic) bond motifs is 2. The van der Waals surface area contributed by atoms with Gasteiger partial charge in [0.15, 0.2) is 0 Å². The molecule has 8 nitrogen and oxygen atoms in total. The molecular weight excluding hydrogens is 423 g/mol. The second kappa shape index (κ2) is 8.06. The van der Waals surface area contributed by atoms with E-state index in [0.29, 0.717) is 64.5 Å². The third kappa shape index (κ3) is 3.42. The molecule has 0 bridgehead atoms. The highest BCUT2D eigenvalue weighted by Gasteiger charge is 2.21. The molecule has 0 spiro atoms. The average molecular weight is 438 g/mol. The van der Waals surface area contributed by atoms with Crippen LogP contribution in [0.5, 0.6) is 5.75 Å². The standard InChI is InChI=1S/C24H15FN6O2/c1-27-22-12-31-23(30-22)19(16-3-2-14(13-32)8-15(16)9-26)11-29-24(31)28-10-18-17-6-7-33-21(17)5-4-20(18)25/h2-5,8,11-13H,6-7,10H2,(H,28,29). The number of nitrogens with zero attached hydrogens (tertiary/aromatic N) is 5. The molecule has 0 radical (unpaired) electrons. The first kappa shape index (κ1) is 20.2. The van der Waals surface area contributed by atoms with Gasteiger partial charge in [0.1, 0.15) is 17.9 Å². The lowest BCUT2D eigenvalue weighted by atomic mass is 10.00. The number of hydrogen-bond donors (Lipinski definition) is 1. The van der Waals surface area contributed by atoms with E-state index in [-0.39, 0.29) is 18.2 Å². The molecule has 1 aliphatic heterocycles. The number of aromatic nitrogens is 3. The molecule has 2 aromatic heterocycles. The van der Waals surface area contributed by atoms with Crippen LogP contribution in [-0.4, -0.2) is 27.3 Å². The molecule has 0 aliphatic carbocycles. The summed E-state index contributed by atoms with van der Waals surface area (Å²) in [5, 5.41) is 12.7. The Morgan fingerprint density at radius 3 is 3.00 bits per heavy atom. The fraction of sp³-hybridized carbons (Fsp3) is 0.125. The predicted octanol–water partition coefficient (Wildman–Crippen LogP) is 4.32. The highest BCUT2D eigenvalue weighted by molar-refractivity contribution is 5.85. The maximum atomic E-state index is 14.5. The van der Waals surface area contributed by atoms with Crippen molar-refractivity contribution < 1.29 is 13.9 Å². The number of benzene rings is 2. The molecule has 5 rings (SSSR count). The largest absolute Gasteiger partial charge is 0.493 e. The highest BCUT2D eigenvalue weighted by Crippen LogP contribution is 2.32. The Bertz CT molecular complexity index is 1510. The third-order valence-corrected chi connectivity index (χ3v) is 5.55. The molecule has 0 saturated carbocycles. The van der Waals surface area contributed by atoms with Crippen molar-refractivity contribution in [3.63, 3.8) is 0 Å². The molecule has 3 heterocycles. The normalized spacial score (nSPS) is 12.0. The number of nitriles is 1. The first-order valence-corrected chi connectivity index (χ1v) is 10.0. The first-order chi connectivity index (χ1) is 16.1. The van der Waals surface area contributed by atoms with Gasteiger partial charge in [-0.25, -0.2) is 9.37 Å². The van der Waals surface area contributed by atoms with E-state index in [2.05, 4.69) is 26.2 Å². The number of halogens is 1. The second-order valence-electron chi connectivity index (χ2n) is 7.39. The zero-order valence-corrected chi connectivity index (χ0v) is 17.2. The average Bonchev–Trinajstić information content (AvgIpc) is 3.50. The Kier molecular flexibility index (Phi) is 4.92. The zero-order valence-electron chi connectivity index (χ0n) is 17.2.